The molecule has 0 radical (unpaired) electrons. The number of carbonyl (C=O) groups excluding carboxylic acids is 2. The summed E-state index contributed by atoms with van der Waals surface area (Å²) in [4.78, 5) is 26.1. The fourth-order valence-electron chi connectivity index (χ4n) is 7.90. The largest absolute Gasteiger partial charge is 0.462 e. The molecule has 0 saturated heterocycles. The second-order valence-electron chi connectivity index (χ2n) is 17.6. The highest BCUT2D eigenvalue weighted by Gasteiger charge is 2.24. The lowest BCUT2D eigenvalue weighted by Crippen LogP contribution is -2.46. The number of esters is 1. The van der Waals surface area contributed by atoms with Crippen LogP contribution >= 0.6 is 0 Å². The lowest BCUT2D eigenvalue weighted by atomic mass is 10.0. The molecule has 0 bridgehead atoms. The third kappa shape index (κ3) is 42.6. The van der Waals surface area contributed by atoms with Gasteiger partial charge in [0.1, 0.15) is 6.10 Å². The van der Waals surface area contributed by atoms with Crippen LogP contribution in [0.2, 0.25) is 0 Å². The average molecular weight is 830 g/mol. The van der Waals surface area contributed by atoms with Gasteiger partial charge in [0.25, 0.3) is 0 Å². The number of allylic oxidation sites excluding steroid dienone is 6. The molecule has 3 unspecified atom stereocenters. The Morgan fingerprint density at radius 3 is 1.37 bits per heavy atom. The van der Waals surface area contributed by atoms with E-state index in [1.54, 1.807) is 0 Å². The second-order valence-corrected chi connectivity index (χ2v) is 17.6. The lowest BCUT2D eigenvalue weighted by molar-refractivity contribution is -0.151. The first-order chi connectivity index (χ1) is 29.0. The molecule has 0 aromatic carbocycles. The Labute approximate surface area is 366 Å². The van der Waals surface area contributed by atoms with Crippen LogP contribution in [0.25, 0.3) is 0 Å². The van der Waals surface area contributed by atoms with Gasteiger partial charge in [-0.1, -0.05) is 243 Å². The van der Waals surface area contributed by atoms with Gasteiger partial charge in [-0.2, -0.15) is 0 Å². The number of amides is 1. The Morgan fingerprint density at radius 1 is 0.508 bits per heavy atom. The maximum atomic E-state index is 13.2. The molecule has 6 nitrogen and oxygen atoms in total. The highest BCUT2D eigenvalue weighted by Crippen LogP contribution is 2.18. The smallest absolute Gasteiger partial charge is 0.306 e. The zero-order valence-corrected chi connectivity index (χ0v) is 39.4. The van der Waals surface area contributed by atoms with Crippen LogP contribution in [0.5, 0.6) is 0 Å². The van der Waals surface area contributed by atoms with Gasteiger partial charge in [0.2, 0.25) is 5.91 Å². The summed E-state index contributed by atoms with van der Waals surface area (Å²) in [5.74, 6) is -0.486. The SMILES string of the molecule is CC/C=C/C=C/C=C/CCCCCCCC(CC(=O)NC(CO)C(O)CCCCCCCCCCCCCCCCCC)OC(=O)CCCCCCCCCCCCC. The minimum atomic E-state index is -0.790. The minimum Gasteiger partial charge on any atom is -0.462 e. The number of hydrogen-bond acceptors (Lipinski definition) is 5. The summed E-state index contributed by atoms with van der Waals surface area (Å²) >= 11 is 0. The Hall–Kier alpha value is -1.92. The Morgan fingerprint density at radius 2 is 0.915 bits per heavy atom. The van der Waals surface area contributed by atoms with E-state index in [1.807, 2.05) is 0 Å². The topological polar surface area (TPSA) is 95.9 Å². The van der Waals surface area contributed by atoms with E-state index in [9.17, 15) is 19.8 Å². The molecule has 0 fully saturated rings. The van der Waals surface area contributed by atoms with Crippen LogP contribution in [0.4, 0.5) is 0 Å². The van der Waals surface area contributed by atoms with Crippen molar-refractivity contribution in [3.8, 4) is 0 Å². The molecular weight excluding hydrogens is 731 g/mol. The number of hydrogen-bond donors (Lipinski definition) is 3. The molecule has 0 spiro atoms. The van der Waals surface area contributed by atoms with Gasteiger partial charge >= 0.3 is 5.97 Å². The number of nitrogens with one attached hydrogen (secondary N) is 1. The van der Waals surface area contributed by atoms with Gasteiger partial charge in [-0.05, 0) is 44.9 Å². The van der Waals surface area contributed by atoms with Crippen molar-refractivity contribution >= 4 is 11.9 Å². The maximum absolute atomic E-state index is 13.2. The van der Waals surface area contributed by atoms with Gasteiger partial charge in [-0.25, -0.2) is 0 Å². The molecule has 1 amide bonds. The van der Waals surface area contributed by atoms with Crippen molar-refractivity contribution in [2.45, 2.75) is 283 Å². The highest BCUT2D eigenvalue weighted by atomic mass is 16.5. The number of aliphatic hydroxyl groups is 2. The molecule has 0 aliphatic heterocycles. The minimum absolute atomic E-state index is 0.0675. The highest BCUT2D eigenvalue weighted by molar-refractivity contribution is 5.77. The van der Waals surface area contributed by atoms with Crippen LogP contribution in [-0.4, -0.2) is 46.9 Å². The summed E-state index contributed by atoms with van der Waals surface area (Å²) in [6.45, 7) is 6.36. The molecule has 3 N–H and O–H groups in total. The van der Waals surface area contributed by atoms with Crippen LogP contribution < -0.4 is 5.32 Å². The molecule has 0 heterocycles. The number of ether oxygens (including phenoxy) is 1. The van der Waals surface area contributed by atoms with Crippen molar-refractivity contribution in [1.82, 2.24) is 5.32 Å². The summed E-state index contributed by atoms with van der Waals surface area (Å²) in [5, 5.41) is 23.8. The van der Waals surface area contributed by atoms with Gasteiger partial charge in [-0.15, -0.1) is 0 Å². The van der Waals surface area contributed by atoms with Gasteiger partial charge in [-0.3, -0.25) is 9.59 Å². The van der Waals surface area contributed by atoms with Crippen LogP contribution in [-0.2, 0) is 14.3 Å². The van der Waals surface area contributed by atoms with Crippen LogP contribution in [0.15, 0.2) is 36.5 Å². The van der Waals surface area contributed by atoms with Crippen LogP contribution in [0, 0.1) is 0 Å². The van der Waals surface area contributed by atoms with Gasteiger partial charge < -0.3 is 20.3 Å². The lowest BCUT2D eigenvalue weighted by Gasteiger charge is -2.24. The summed E-state index contributed by atoms with van der Waals surface area (Å²) in [6.07, 6.45) is 54.9. The van der Waals surface area contributed by atoms with Gasteiger partial charge in [0, 0.05) is 6.42 Å². The van der Waals surface area contributed by atoms with Crippen molar-refractivity contribution < 1.29 is 24.5 Å². The molecule has 0 aliphatic rings. The molecule has 0 aromatic rings. The van der Waals surface area contributed by atoms with E-state index < -0.39 is 18.2 Å². The number of rotatable bonds is 46. The summed E-state index contributed by atoms with van der Waals surface area (Å²) < 4.78 is 5.91. The molecule has 59 heavy (non-hydrogen) atoms. The quantitative estimate of drug-likeness (QED) is 0.0323. The third-order valence-electron chi connectivity index (χ3n) is 11.8. The van der Waals surface area contributed by atoms with E-state index in [0.29, 0.717) is 19.3 Å². The standard InChI is InChI=1S/C53H99NO5/c1-4-7-10-13-16-19-22-24-25-26-28-31-33-36-39-42-45-51(56)50(48-55)54-52(57)47-49(44-41-38-35-32-30-27-23-20-17-14-11-8-5-2)59-53(58)46-43-40-37-34-29-21-18-15-12-9-6-3/h8,11,14,17,20,23,49-51,55-56H,4-7,9-10,12-13,15-16,18-19,21-22,24-48H2,1-3H3,(H,54,57)/b11-8+,17-14+,23-20+. The van der Waals surface area contributed by atoms with E-state index in [1.165, 1.54) is 141 Å². The summed E-state index contributed by atoms with van der Waals surface area (Å²) in [5.41, 5.74) is 0. The van der Waals surface area contributed by atoms with Gasteiger partial charge in [0.15, 0.2) is 0 Å². The van der Waals surface area contributed by atoms with Crippen LogP contribution in [0.3, 0.4) is 0 Å². The van der Waals surface area contributed by atoms with E-state index in [4.69, 9.17) is 4.74 Å². The third-order valence-corrected chi connectivity index (χ3v) is 11.8. The van der Waals surface area contributed by atoms with Gasteiger partial charge in [0.05, 0.1) is 25.2 Å². The fraction of sp³-hybridized carbons (Fsp3) is 0.849. The molecule has 0 rings (SSSR count). The first-order valence-corrected chi connectivity index (χ1v) is 25.7. The molecule has 0 aromatic heterocycles. The Balaban J connectivity index is 4.52. The summed E-state index contributed by atoms with van der Waals surface area (Å²) in [7, 11) is 0. The second kappa shape index (κ2) is 47.1. The predicted molar refractivity (Wildman–Crippen MR) is 255 cm³/mol. The molecule has 3 atom stereocenters. The molecular formula is C53H99NO5. The fourth-order valence-corrected chi connectivity index (χ4v) is 7.90. The van der Waals surface area contributed by atoms with Crippen LogP contribution in [0.1, 0.15) is 265 Å². The Kier molecular flexibility index (Phi) is 45.6. The zero-order valence-electron chi connectivity index (χ0n) is 39.4. The average Bonchev–Trinajstić information content (AvgIpc) is 3.23. The molecule has 6 heteroatoms. The number of carbonyl (C=O) groups is 2. The van der Waals surface area contributed by atoms with Crippen molar-refractivity contribution in [3.05, 3.63) is 36.5 Å². The van der Waals surface area contributed by atoms with E-state index >= 15 is 0 Å². The number of aliphatic hydroxyl groups excluding tert-OH is 2. The normalized spacial score (nSPS) is 13.5. The molecule has 346 valence electrons. The van der Waals surface area contributed by atoms with E-state index in [-0.39, 0.29) is 24.9 Å². The van der Waals surface area contributed by atoms with Crippen molar-refractivity contribution in [2.24, 2.45) is 0 Å². The summed E-state index contributed by atoms with van der Waals surface area (Å²) in [6, 6.07) is -0.705. The zero-order chi connectivity index (χ0) is 43.1. The van der Waals surface area contributed by atoms with Crippen molar-refractivity contribution in [3.63, 3.8) is 0 Å². The van der Waals surface area contributed by atoms with Crippen molar-refractivity contribution in [2.75, 3.05) is 6.61 Å². The van der Waals surface area contributed by atoms with E-state index in [0.717, 1.165) is 77.0 Å². The maximum Gasteiger partial charge on any atom is 0.306 e. The monoisotopic (exact) mass is 830 g/mol. The number of unbranched alkanes of at least 4 members (excludes halogenated alkanes) is 30. The Bertz CT molecular complexity index is 977. The molecule has 0 aliphatic carbocycles. The van der Waals surface area contributed by atoms with E-state index in [2.05, 4.69) is 62.5 Å². The first-order valence-electron chi connectivity index (χ1n) is 25.7. The first kappa shape index (κ1) is 57.1. The molecule has 0 saturated carbocycles. The predicted octanol–water partition coefficient (Wildman–Crippen LogP) is 15.3. The van der Waals surface area contributed by atoms with Crippen molar-refractivity contribution in [1.29, 1.82) is 0 Å².